The monoisotopic (exact) mass is 236 g/mol. The summed E-state index contributed by atoms with van der Waals surface area (Å²) in [7, 11) is 2.82. The Kier molecular flexibility index (Phi) is 2.67. The fourth-order valence-electron chi connectivity index (χ4n) is 1.77. The molecule has 0 saturated heterocycles. The minimum Gasteiger partial charge on any atom is -0.504 e. The highest BCUT2D eigenvalue weighted by molar-refractivity contribution is 5.90. The van der Waals surface area contributed by atoms with Crippen LogP contribution >= 0.6 is 0 Å². The maximum atomic E-state index is 11.3. The van der Waals surface area contributed by atoms with Crippen molar-refractivity contribution in [2.75, 3.05) is 14.2 Å². The van der Waals surface area contributed by atoms with Crippen molar-refractivity contribution in [3.63, 3.8) is 0 Å². The van der Waals surface area contributed by atoms with E-state index in [1.165, 1.54) is 26.4 Å². The third-order valence-corrected chi connectivity index (χ3v) is 2.54. The van der Waals surface area contributed by atoms with Gasteiger partial charge in [0, 0.05) is 11.5 Å². The molecule has 0 amide bonds. The van der Waals surface area contributed by atoms with Crippen molar-refractivity contribution >= 4 is 11.0 Å². The van der Waals surface area contributed by atoms with Crippen LogP contribution in [0.15, 0.2) is 21.3 Å². The summed E-state index contributed by atoms with van der Waals surface area (Å²) in [4.78, 5) is 11.3. The number of ether oxygens (including phenoxy) is 2. The maximum Gasteiger partial charge on any atom is 0.336 e. The Morgan fingerprint density at radius 2 is 1.82 bits per heavy atom. The van der Waals surface area contributed by atoms with Gasteiger partial charge in [-0.1, -0.05) is 0 Å². The van der Waals surface area contributed by atoms with Crippen LogP contribution in [0.2, 0.25) is 0 Å². The highest BCUT2D eigenvalue weighted by Crippen LogP contribution is 2.42. The minimum atomic E-state index is -0.471. The Labute approximate surface area is 97.2 Å². The maximum absolute atomic E-state index is 11.3. The van der Waals surface area contributed by atoms with Gasteiger partial charge in [0.1, 0.15) is 0 Å². The Bertz CT molecular complexity index is 627. The first kappa shape index (κ1) is 11.3. The Balaban J connectivity index is 2.99. The molecule has 1 N–H and O–H groups in total. The number of aryl methyl sites for hydroxylation is 1. The zero-order valence-corrected chi connectivity index (χ0v) is 9.73. The van der Waals surface area contributed by atoms with E-state index in [9.17, 15) is 9.90 Å². The van der Waals surface area contributed by atoms with E-state index < -0.39 is 5.63 Å². The fourth-order valence-corrected chi connectivity index (χ4v) is 1.77. The van der Waals surface area contributed by atoms with Crippen LogP contribution in [-0.2, 0) is 0 Å². The molecule has 0 atom stereocenters. The molecule has 1 aromatic carbocycles. The molecule has 0 fully saturated rings. The van der Waals surface area contributed by atoms with E-state index in [1.54, 1.807) is 6.92 Å². The number of phenolic OH excluding ortho intramolecular Hbond substituents is 1. The topological polar surface area (TPSA) is 68.9 Å². The third-order valence-electron chi connectivity index (χ3n) is 2.54. The molecule has 0 aliphatic carbocycles. The van der Waals surface area contributed by atoms with Crippen molar-refractivity contribution in [1.29, 1.82) is 0 Å². The van der Waals surface area contributed by atoms with Crippen LogP contribution in [0.3, 0.4) is 0 Å². The highest BCUT2D eigenvalue weighted by Gasteiger charge is 2.18. The van der Waals surface area contributed by atoms with Crippen LogP contribution in [0.25, 0.3) is 11.0 Å². The first-order valence-electron chi connectivity index (χ1n) is 4.97. The van der Waals surface area contributed by atoms with E-state index in [-0.39, 0.29) is 22.8 Å². The second-order valence-corrected chi connectivity index (χ2v) is 3.59. The van der Waals surface area contributed by atoms with Crippen molar-refractivity contribution in [2.24, 2.45) is 0 Å². The molecule has 17 heavy (non-hydrogen) atoms. The molecule has 5 nitrogen and oxygen atoms in total. The lowest BCUT2D eigenvalue weighted by Gasteiger charge is -2.11. The fraction of sp³-hybridized carbons (Fsp3) is 0.250. The SMILES string of the molecule is COc1c(O)cc2c(C)cc(=O)oc2c1OC. The predicted octanol–water partition coefficient (Wildman–Crippen LogP) is 1.82. The van der Waals surface area contributed by atoms with Gasteiger partial charge in [-0.3, -0.25) is 0 Å². The van der Waals surface area contributed by atoms with Crippen molar-refractivity contribution in [2.45, 2.75) is 6.92 Å². The van der Waals surface area contributed by atoms with Gasteiger partial charge in [-0.25, -0.2) is 4.79 Å². The van der Waals surface area contributed by atoms with Gasteiger partial charge in [-0.2, -0.15) is 0 Å². The van der Waals surface area contributed by atoms with E-state index in [4.69, 9.17) is 13.9 Å². The summed E-state index contributed by atoms with van der Waals surface area (Å²) < 4.78 is 15.2. The zero-order chi connectivity index (χ0) is 12.6. The lowest BCUT2D eigenvalue weighted by atomic mass is 10.1. The van der Waals surface area contributed by atoms with E-state index in [2.05, 4.69) is 0 Å². The summed E-state index contributed by atoms with van der Waals surface area (Å²) >= 11 is 0. The van der Waals surface area contributed by atoms with E-state index in [1.807, 2.05) is 0 Å². The highest BCUT2D eigenvalue weighted by atomic mass is 16.5. The minimum absolute atomic E-state index is 0.0613. The molecule has 90 valence electrons. The summed E-state index contributed by atoms with van der Waals surface area (Å²) in [6.07, 6.45) is 0. The van der Waals surface area contributed by atoms with E-state index in [0.29, 0.717) is 10.9 Å². The molecule has 2 aromatic rings. The Morgan fingerprint density at radius 3 is 2.41 bits per heavy atom. The van der Waals surface area contributed by atoms with Crippen LogP contribution in [-0.4, -0.2) is 19.3 Å². The Morgan fingerprint density at radius 1 is 1.18 bits per heavy atom. The first-order chi connectivity index (χ1) is 8.08. The summed E-state index contributed by atoms with van der Waals surface area (Å²) in [5, 5.41) is 10.4. The van der Waals surface area contributed by atoms with Gasteiger partial charge in [0.25, 0.3) is 0 Å². The lowest BCUT2D eigenvalue weighted by molar-refractivity contribution is 0.331. The number of fused-ring (bicyclic) bond motifs is 1. The molecule has 0 unspecified atom stereocenters. The summed E-state index contributed by atoms with van der Waals surface area (Å²) in [6.45, 7) is 1.75. The number of rotatable bonds is 2. The average Bonchev–Trinajstić information content (AvgIpc) is 2.28. The van der Waals surface area contributed by atoms with Crippen LogP contribution in [0, 0.1) is 6.92 Å². The number of phenols is 1. The smallest absolute Gasteiger partial charge is 0.336 e. The summed E-state index contributed by atoms with van der Waals surface area (Å²) in [5.41, 5.74) is 0.501. The molecule has 0 spiro atoms. The molecule has 1 heterocycles. The molecule has 1 aromatic heterocycles. The Hall–Kier alpha value is -2.17. The van der Waals surface area contributed by atoms with E-state index in [0.717, 1.165) is 0 Å². The second kappa shape index (κ2) is 4.01. The number of benzene rings is 1. The van der Waals surface area contributed by atoms with Gasteiger partial charge in [-0.15, -0.1) is 0 Å². The van der Waals surface area contributed by atoms with Crippen LogP contribution in [0.4, 0.5) is 0 Å². The quantitative estimate of drug-likeness (QED) is 0.805. The second-order valence-electron chi connectivity index (χ2n) is 3.59. The van der Waals surface area contributed by atoms with Crippen LogP contribution < -0.4 is 15.1 Å². The first-order valence-corrected chi connectivity index (χ1v) is 4.97. The molecular formula is C12H12O5. The molecular weight excluding hydrogens is 224 g/mol. The van der Waals surface area contributed by atoms with Crippen LogP contribution in [0.5, 0.6) is 17.2 Å². The van der Waals surface area contributed by atoms with E-state index >= 15 is 0 Å². The molecule has 2 rings (SSSR count). The molecule has 0 bridgehead atoms. The predicted molar refractivity (Wildman–Crippen MR) is 62.0 cm³/mol. The van der Waals surface area contributed by atoms with Gasteiger partial charge in [0.05, 0.1) is 14.2 Å². The summed E-state index contributed by atoms with van der Waals surface area (Å²) in [5.74, 6) is 0.297. The average molecular weight is 236 g/mol. The molecule has 0 radical (unpaired) electrons. The van der Waals surface area contributed by atoms with Crippen molar-refractivity contribution < 1.29 is 19.0 Å². The van der Waals surface area contributed by atoms with Gasteiger partial charge in [-0.05, 0) is 18.6 Å². The van der Waals surface area contributed by atoms with Gasteiger partial charge in [0.15, 0.2) is 11.3 Å². The van der Waals surface area contributed by atoms with Gasteiger partial charge < -0.3 is 19.0 Å². The molecule has 0 aliphatic heterocycles. The third kappa shape index (κ3) is 1.69. The number of methoxy groups -OCH3 is 2. The number of hydrogen-bond donors (Lipinski definition) is 1. The summed E-state index contributed by atoms with van der Waals surface area (Å²) in [6, 6.07) is 2.84. The number of aromatic hydroxyl groups is 1. The van der Waals surface area contributed by atoms with Gasteiger partial charge >= 0.3 is 5.63 Å². The van der Waals surface area contributed by atoms with Crippen molar-refractivity contribution in [1.82, 2.24) is 0 Å². The normalized spacial score (nSPS) is 10.5. The molecule has 5 heteroatoms. The largest absolute Gasteiger partial charge is 0.504 e. The molecule has 0 aliphatic rings. The van der Waals surface area contributed by atoms with Gasteiger partial charge in [0.2, 0.25) is 11.5 Å². The van der Waals surface area contributed by atoms with Crippen LogP contribution in [0.1, 0.15) is 5.56 Å². The standard InChI is InChI=1S/C12H12O5/c1-6-4-9(14)17-10-7(6)5-8(13)11(15-2)12(10)16-3/h4-5,13H,1-3H3. The molecule has 0 saturated carbocycles. The zero-order valence-electron chi connectivity index (χ0n) is 9.73. The van der Waals surface area contributed by atoms with Crippen molar-refractivity contribution in [3.8, 4) is 17.2 Å². The van der Waals surface area contributed by atoms with Crippen molar-refractivity contribution in [3.05, 3.63) is 28.1 Å². The number of hydrogen-bond acceptors (Lipinski definition) is 5. The lowest BCUT2D eigenvalue weighted by Crippen LogP contribution is -2.00.